The first-order valence-electron chi connectivity index (χ1n) is 6.71. The topological polar surface area (TPSA) is 128 Å². The van der Waals surface area contributed by atoms with Crippen molar-refractivity contribution in [1.29, 1.82) is 0 Å². The van der Waals surface area contributed by atoms with E-state index in [1.54, 1.807) is 0 Å². The molecule has 11 heteroatoms. The van der Waals surface area contributed by atoms with Crippen LogP contribution in [0, 0.1) is 15.9 Å². The van der Waals surface area contributed by atoms with Crippen LogP contribution in [-0.2, 0) is 14.8 Å². The number of hydrazine groups is 1. The number of non-ortho nitro benzene ring substituents is 1. The number of rotatable bonds is 7. The van der Waals surface area contributed by atoms with Crippen LogP contribution in [0.3, 0.4) is 0 Å². The van der Waals surface area contributed by atoms with Crippen molar-refractivity contribution in [2.45, 2.75) is 4.90 Å². The highest BCUT2D eigenvalue weighted by atomic mass is 32.2. The van der Waals surface area contributed by atoms with Gasteiger partial charge in [-0.1, -0.05) is 0 Å². The van der Waals surface area contributed by atoms with Gasteiger partial charge in [0, 0.05) is 12.1 Å². The fourth-order valence-corrected chi connectivity index (χ4v) is 2.51. The average molecular weight is 369 g/mol. The molecule has 0 atom stereocenters. The minimum Gasteiger partial charge on any atom is -0.484 e. The van der Waals surface area contributed by atoms with Gasteiger partial charge in [-0.2, -0.15) is 0 Å². The molecular weight excluding hydrogens is 357 g/mol. The molecular formula is C14H12FN3O6S. The van der Waals surface area contributed by atoms with Gasteiger partial charge >= 0.3 is 0 Å². The molecule has 9 nitrogen and oxygen atoms in total. The molecule has 1 amide bonds. The van der Waals surface area contributed by atoms with Gasteiger partial charge in [-0.15, -0.1) is 4.83 Å². The number of nitro groups is 1. The maximum absolute atomic E-state index is 12.7. The minimum atomic E-state index is -4.10. The summed E-state index contributed by atoms with van der Waals surface area (Å²) in [7, 11) is -4.10. The molecule has 25 heavy (non-hydrogen) atoms. The van der Waals surface area contributed by atoms with Crippen molar-refractivity contribution in [3.63, 3.8) is 0 Å². The fourth-order valence-electron chi connectivity index (χ4n) is 1.65. The predicted octanol–water partition coefficient (Wildman–Crippen LogP) is 1.12. The number of nitrogens with zero attached hydrogens (tertiary/aromatic N) is 1. The van der Waals surface area contributed by atoms with Gasteiger partial charge < -0.3 is 4.74 Å². The van der Waals surface area contributed by atoms with Crippen molar-refractivity contribution < 1.29 is 27.3 Å². The molecule has 2 rings (SSSR count). The summed E-state index contributed by atoms with van der Waals surface area (Å²) in [5.74, 6) is -1.03. The van der Waals surface area contributed by atoms with E-state index in [0.717, 1.165) is 36.4 Å². The molecule has 2 aromatic carbocycles. The highest BCUT2D eigenvalue weighted by Crippen LogP contribution is 2.15. The highest BCUT2D eigenvalue weighted by molar-refractivity contribution is 7.89. The smallest absolute Gasteiger partial charge is 0.272 e. The van der Waals surface area contributed by atoms with E-state index in [-0.39, 0.29) is 16.3 Å². The SMILES string of the molecule is O=C(COc1ccc(F)cc1)NNS(=O)(=O)c1ccc([N+](=O)[O-])cc1. The van der Waals surface area contributed by atoms with Gasteiger partial charge in [0.1, 0.15) is 11.6 Å². The molecule has 0 bridgehead atoms. The Kier molecular flexibility index (Phi) is 5.62. The van der Waals surface area contributed by atoms with Crippen molar-refractivity contribution in [2.24, 2.45) is 0 Å². The summed E-state index contributed by atoms with van der Waals surface area (Å²) in [5.41, 5.74) is 1.66. The molecule has 0 heterocycles. The zero-order valence-corrected chi connectivity index (χ0v) is 13.3. The quantitative estimate of drug-likeness (QED) is 0.556. The first-order valence-corrected chi connectivity index (χ1v) is 8.20. The minimum absolute atomic E-state index is 0.231. The molecule has 2 aromatic rings. The van der Waals surface area contributed by atoms with E-state index in [1.165, 1.54) is 12.1 Å². The third-order valence-electron chi connectivity index (χ3n) is 2.87. The molecule has 0 fully saturated rings. The zero-order valence-electron chi connectivity index (χ0n) is 12.5. The van der Waals surface area contributed by atoms with Gasteiger partial charge in [0.05, 0.1) is 9.82 Å². The maximum Gasteiger partial charge on any atom is 0.272 e. The van der Waals surface area contributed by atoms with E-state index in [1.807, 2.05) is 10.3 Å². The Hall–Kier alpha value is -3.05. The summed E-state index contributed by atoms with van der Waals surface area (Å²) in [6.45, 7) is -0.506. The van der Waals surface area contributed by atoms with Crippen molar-refractivity contribution in [3.8, 4) is 5.75 Å². The zero-order chi connectivity index (χ0) is 18.4. The Morgan fingerprint density at radius 1 is 1.12 bits per heavy atom. The number of benzene rings is 2. The Morgan fingerprint density at radius 2 is 1.72 bits per heavy atom. The van der Waals surface area contributed by atoms with E-state index >= 15 is 0 Å². The van der Waals surface area contributed by atoms with Crippen LogP contribution in [0.1, 0.15) is 0 Å². The fraction of sp³-hybridized carbons (Fsp3) is 0.0714. The lowest BCUT2D eigenvalue weighted by Crippen LogP contribution is -2.43. The summed E-state index contributed by atoms with van der Waals surface area (Å²) in [5, 5.41) is 10.5. The van der Waals surface area contributed by atoms with E-state index < -0.39 is 33.3 Å². The summed E-state index contributed by atoms with van der Waals surface area (Å²) >= 11 is 0. The Bertz CT molecular complexity index is 868. The molecule has 0 saturated heterocycles. The van der Waals surface area contributed by atoms with Crippen LogP contribution in [0.25, 0.3) is 0 Å². The van der Waals surface area contributed by atoms with Gasteiger partial charge in [0.25, 0.3) is 21.6 Å². The molecule has 2 N–H and O–H groups in total. The van der Waals surface area contributed by atoms with Crippen LogP contribution in [0.15, 0.2) is 53.4 Å². The van der Waals surface area contributed by atoms with E-state index in [2.05, 4.69) is 0 Å². The number of ether oxygens (including phenoxy) is 1. The van der Waals surface area contributed by atoms with Gasteiger partial charge in [-0.05, 0) is 36.4 Å². The predicted molar refractivity (Wildman–Crippen MR) is 83.5 cm³/mol. The molecule has 0 aliphatic rings. The van der Waals surface area contributed by atoms with Crippen LogP contribution >= 0.6 is 0 Å². The van der Waals surface area contributed by atoms with Crippen LogP contribution in [0.4, 0.5) is 10.1 Å². The molecule has 0 saturated carbocycles. The molecule has 0 unspecified atom stereocenters. The number of amides is 1. The van der Waals surface area contributed by atoms with E-state index in [4.69, 9.17) is 4.74 Å². The second-order valence-corrected chi connectivity index (χ2v) is 6.33. The summed E-state index contributed by atoms with van der Waals surface area (Å²) in [6, 6.07) is 9.01. The van der Waals surface area contributed by atoms with Crippen molar-refractivity contribution in [1.82, 2.24) is 10.3 Å². The van der Waals surface area contributed by atoms with Crippen molar-refractivity contribution in [2.75, 3.05) is 6.61 Å². The van der Waals surface area contributed by atoms with Gasteiger partial charge in [-0.3, -0.25) is 20.3 Å². The van der Waals surface area contributed by atoms with Crippen LogP contribution in [0.2, 0.25) is 0 Å². The number of hydrogen-bond donors (Lipinski definition) is 2. The summed E-state index contributed by atoms with van der Waals surface area (Å²) < 4.78 is 41.7. The van der Waals surface area contributed by atoms with Crippen LogP contribution < -0.4 is 15.0 Å². The molecule has 132 valence electrons. The Morgan fingerprint density at radius 3 is 2.28 bits per heavy atom. The summed E-state index contributed by atoms with van der Waals surface area (Å²) in [4.78, 5) is 23.0. The third kappa shape index (κ3) is 5.22. The van der Waals surface area contributed by atoms with Gasteiger partial charge in [0.2, 0.25) is 0 Å². The maximum atomic E-state index is 12.7. The lowest BCUT2D eigenvalue weighted by Gasteiger charge is -2.09. The second-order valence-electron chi connectivity index (χ2n) is 4.65. The van der Waals surface area contributed by atoms with Gasteiger partial charge in [0.15, 0.2) is 6.61 Å². The van der Waals surface area contributed by atoms with Crippen LogP contribution in [0.5, 0.6) is 5.75 Å². The number of sulfonamides is 1. The lowest BCUT2D eigenvalue weighted by molar-refractivity contribution is -0.384. The molecule has 0 aliphatic heterocycles. The molecule has 0 aromatic heterocycles. The van der Waals surface area contributed by atoms with E-state index in [9.17, 15) is 27.7 Å². The van der Waals surface area contributed by atoms with E-state index in [0.29, 0.717) is 0 Å². The number of hydrogen-bond acceptors (Lipinski definition) is 6. The largest absolute Gasteiger partial charge is 0.484 e. The molecule has 0 aliphatic carbocycles. The molecule has 0 spiro atoms. The Balaban J connectivity index is 1.89. The number of halogens is 1. The molecule has 0 radical (unpaired) electrons. The second kappa shape index (κ2) is 7.68. The number of nitrogens with one attached hydrogen (secondary N) is 2. The number of nitro benzene ring substituents is 1. The number of carbonyl (C=O) groups is 1. The standard InChI is InChI=1S/C14H12FN3O6S/c15-10-1-5-12(6-2-10)24-9-14(19)16-17-25(22,23)13-7-3-11(4-8-13)18(20)21/h1-8,17H,9H2,(H,16,19). The monoisotopic (exact) mass is 369 g/mol. The summed E-state index contributed by atoms with van der Waals surface area (Å²) in [6.07, 6.45) is 0. The first-order chi connectivity index (χ1) is 11.8. The lowest BCUT2D eigenvalue weighted by atomic mass is 10.3. The number of carbonyl (C=O) groups excluding carboxylic acids is 1. The van der Waals surface area contributed by atoms with Gasteiger partial charge in [-0.25, -0.2) is 12.8 Å². The normalized spacial score (nSPS) is 10.9. The average Bonchev–Trinajstić information content (AvgIpc) is 2.59. The highest BCUT2D eigenvalue weighted by Gasteiger charge is 2.16. The van der Waals surface area contributed by atoms with Crippen molar-refractivity contribution in [3.05, 3.63) is 64.5 Å². The third-order valence-corrected chi connectivity index (χ3v) is 4.13. The first kappa shape index (κ1) is 18.3. The van der Waals surface area contributed by atoms with Crippen LogP contribution in [-0.4, -0.2) is 25.9 Å². The van der Waals surface area contributed by atoms with Crippen molar-refractivity contribution >= 4 is 21.6 Å². The Labute approximate surface area is 141 Å².